The van der Waals surface area contributed by atoms with Crippen LogP contribution in [0.15, 0.2) is 24.3 Å². The molecule has 3 N–H and O–H groups in total. The fraction of sp³-hybridized carbons (Fsp3) is 0.538. The Morgan fingerprint density at radius 2 is 2.03 bits per heavy atom. The number of nitriles is 1. The molecule has 0 unspecified atom stereocenters. The van der Waals surface area contributed by atoms with Crippen LogP contribution in [0, 0.1) is 22.7 Å². The summed E-state index contributed by atoms with van der Waals surface area (Å²) in [5, 5.41) is 16.0. The highest BCUT2D eigenvalue weighted by Gasteiger charge is 2.31. The number of methoxy groups -OCH3 is 1. The van der Waals surface area contributed by atoms with Gasteiger partial charge in [0, 0.05) is 23.2 Å². The van der Waals surface area contributed by atoms with Gasteiger partial charge in [-0.2, -0.15) is 5.26 Å². The Morgan fingerprint density at radius 1 is 1.26 bits per heavy atom. The largest absolute Gasteiger partial charge is 0.496 e. The van der Waals surface area contributed by atoms with E-state index in [9.17, 15) is 19.6 Å². The highest BCUT2D eigenvalue weighted by molar-refractivity contribution is 6.01. The highest BCUT2D eigenvalue weighted by Crippen LogP contribution is 2.27. The van der Waals surface area contributed by atoms with Crippen molar-refractivity contribution in [2.24, 2.45) is 11.3 Å². The number of rotatable bonds is 8. The molecule has 1 heterocycles. The maximum absolute atomic E-state index is 13.2. The van der Waals surface area contributed by atoms with Crippen LogP contribution in [0.2, 0.25) is 0 Å². The Morgan fingerprint density at radius 3 is 2.68 bits per heavy atom. The Bertz CT molecular complexity index is 1090. The molecule has 0 bridgehead atoms. The van der Waals surface area contributed by atoms with E-state index in [0.29, 0.717) is 30.7 Å². The molecular weight excluding hydrogens is 432 g/mol. The minimum absolute atomic E-state index is 0.162. The fourth-order valence-electron chi connectivity index (χ4n) is 4.49. The average Bonchev–Trinajstić information content (AvgIpc) is 3.23. The number of hydrogen-bond acceptors (Lipinski definition) is 5. The SMILES string of the molecule is COc1cccc2[nH]c(C(=O)N[C@@H](CC(C)(C)C)C(=O)N[C@H](C#N)C[C@@H]3CCCCC3=O)cc12. The molecule has 1 fully saturated rings. The van der Waals surface area contributed by atoms with E-state index < -0.39 is 23.9 Å². The molecular formula is C26H34N4O4. The van der Waals surface area contributed by atoms with E-state index in [1.54, 1.807) is 13.2 Å². The zero-order valence-corrected chi connectivity index (χ0v) is 20.4. The van der Waals surface area contributed by atoms with Gasteiger partial charge in [0.25, 0.3) is 5.91 Å². The average molecular weight is 467 g/mol. The molecule has 1 aromatic heterocycles. The van der Waals surface area contributed by atoms with Crippen LogP contribution in [-0.4, -0.2) is 41.8 Å². The Labute approximate surface area is 200 Å². The van der Waals surface area contributed by atoms with Gasteiger partial charge in [0.05, 0.1) is 13.2 Å². The van der Waals surface area contributed by atoms with Crippen LogP contribution in [0.3, 0.4) is 0 Å². The molecule has 0 saturated heterocycles. The van der Waals surface area contributed by atoms with E-state index in [2.05, 4.69) is 21.7 Å². The number of carbonyl (C=O) groups excluding carboxylic acids is 3. The number of ketones is 1. The Kier molecular flexibility index (Phi) is 7.98. The zero-order chi connectivity index (χ0) is 24.9. The monoisotopic (exact) mass is 466 g/mol. The topological polar surface area (TPSA) is 124 Å². The normalized spacial score (nSPS) is 18.1. The first-order chi connectivity index (χ1) is 16.1. The predicted octanol–water partition coefficient (Wildman–Crippen LogP) is 3.87. The van der Waals surface area contributed by atoms with Gasteiger partial charge in [-0.15, -0.1) is 0 Å². The van der Waals surface area contributed by atoms with E-state index in [-0.39, 0.29) is 17.1 Å². The lowest BCUT2D eigenvalue weighted by molar-refractivity contribution is -0.126. The quantitative estimate of drug-likeness (QED) is 0.545. The third-order valence-electron chi connectivity index (χ3n) is 6.20. The second-order valence-electron chi connectivity index (χ2n) is 10.2. The van der Waals surface area contributed by atoms with Gasteiger partial charge >= 0.3 is 0 Å². The zero-order valence-electron chi connectivity index (χ0n) is 20.4. The summed E-state index contributed by atoms with van der Waals surface area (Å²) in [5.41, 5.74) is 0.819. The van der Waals surface area contributed by atoms with Gasteiger partial charge < -0.3 is 20.4 Å². The van der Waals surface area contributed by atoms with Crippen LogP contribution in [0.4, 0.5) is 0 Å². The maximum Gasteiger partial charge on any atom is 0.268 e. The molecule has 34 heavy (non-hydrogen) atoms. The molecule has 2 aromatic rings. The summed E-state index contributed by atoms with van der Waals surface area (Å²) in [5.74, 6) is -0.235. The molecule has 1 aromatic carbocycles. The first-order valence-corrected chi connectivity index (χ1v) is 11.8. The number of hydrogen-bond donors (Lipinski definition) is 3. The summed E-state index contributed by atoms with van der Waals surface area (Å²) in [6.07, 6.45) is 3.82. The number of amides is 2. The van der Waals surface area contributed by atoms with E-state index >= 15 is 0 Å². The van der Waals surface area contributed by atoms with Crippen LogP contribution < -0.4 is 15.4 Å². The van der Waals surface area contributed by atoms with Crippen molar-refractivity contribution in [1.29, 1.82) is 5.26 Å². The molecule has 182 valence electrons. The van der Waals surface area contributed by atoms with Gasteiger partial charge in [0.1, 0.15) is 29.3 Å². The summed E-state index contributed by atoms with van der Waals surface area (Å²) >= 11 is 0. The van der Waals surface area contributed by atoms with Crippen molar-refractivity contribution in [1.82, 2.24) is 15.6 Å². The fourth-order valence-corrected chi connectivity index (χ4v) is 4.49. The molecule has 8 heteroatoms. The summed E-state index contributed by atoms with van der Waals surface area (Å²) in [6.45, 7) is 5.95. The van der Waals surface area contributed by atoms with Crippen molar-refractivity contribution in [2.75, 3.05) is 7.11 Å². The predicted molar refractivity (Wildman–Crippen MR) is 129 cm³/mol. The van der Waals surface area contributed by atoms with Gasteiger partial charge in [-0.25, -0.2) is 0 Å². The molecule has 3 atom stereocenters. The summed E-state index contributed by atoms with van der Waals surface area (Å²) < 4.78 is 5.36. The minimum Gasteiger partial charge on any atom is -0.496 e. The van der Waals surface area contributed by atoms with Crippen LogP contribution in [0.1, 0.15) is 69.8 Å². The van der Waals surface area contributed by atoms with Crippen molar-refractivity contribution < 1.29 is 19.1 Å². The van der Waals surface area contributed by atoms with Crippen LogP contribution >= 0.6 is 0 Å². The van der Waals surface area contributed by atoms with Gasteiger partial charge in [0.15, 0.2) is 0 Å². The minimum atomic E-state index is -0.835. The number of nitrogens with one attached hydrogen (secondary N) is 3. The summed E-state index contributed by atoms with van der Waals surface area (Å²) in [6, 6.07) is 7.68. The first kappa shape index (κ1) is 25.3. The number of aromatic nitrogens is 1. The van der Waals surface area contributed by atoms with Crippen molar-refractivity contribution in [2.45, 2.75) is 71.4 Å². The standard InChI is InChI=1S/C26H34N4O4/c1-26(2,3)14-21(25(33)28-17(15-27)12-16-8-5-6-10-22(16)31)30-24(32)20-13-18-19(29-20)9-7-11-23(18)34-4/h7,9,11,13,16-17,21,29H,5-6,8,10,12,14H2,1-4H3,(H,28,33)(H,30,32)/t16-,17-,21-/m0/s1. The lowest BCUT2D eigenvalue weighted by Crippen LogP contribution is -2.51. The molecule has 1 aliphatic carbocycles. The van der Waals surface area contributed by atoms with Crippen molar-refractivity contribution >= 4 is 28.5 Å². The van der Waals surface area contributed by atoms with Crippen LogP contribution in [0.25, 0.3) is 10.9 Å². The maximum atomic E-state index is 13.2. The van der Waals surface area contributed by atoms with E-state index in [0.717, 1.165) is 30.2 Å². The van der Waals surface area contributed by atoms with E-state index in [1.807, 2.05) is 39.0 Å². The summed E-state index contributed by atoms with van der Waals surface area (Å²) in [4.78, 5) is 41.5. The van der Waals surface area contributed by atoms with Gasteiger partial charge in [-0.05, 0) is 49.3 Å². The molecule has 1 saturated carbocycles. The molecule has 1 aliphatic rings. The number of aromatic amines is 1. The highest BCUT2D eigenvalue weighted by atomic mass is 16.5. The molecule has 0 radical (unpaired) electrons. The Hall–Kier alpha value is -3.34. The number of fused-ring (bicyclic) bond motifs is 1. The lowest BCUT2D eigenvalue weighted by atomic mass is 9.83. The number of benzene rings is 1. The molecule has 0 spiro atoms. The number of H-pyrrole nitrogens is 1. The number of Topliss-reactive ketones (excluding diaryl/α,β-unsaturated/α-hetero) is 1. The second kappa shape index (κ2) is 10.7. The van der Waals surface area contributed by atoms with Crippen molar-refractivity contribution in [3.8, 4) is 11.8 Å². The van der Waals surface area contributed by atoms with Crippen LogP contribution in [0.5, 0.6) is 5.75 Å². The van der Waals surface area contributed by atoms with Gasteiger partial charge in [-0.1, -0.05) is 33.3 Å². The Balaban J connectivity index is 1.74. The molecule has 8 nitrogen and oxygen atoms in total. The smallest absolute Gasteiger partial charge is 0.268 e. The third-order valence-corrected chi connectivity index (χ3v) is 6.20. The second-order valence-corrected chi connectivity index (χ2v) is 10.2. The van der Waals surface area contributed by atoms with Crippen molar-refractivity contribution in [3.63, 3.8) is 0 Å². The lowest BCUT2D eigenvalue weighted by Gasteiger charge is -2.28. The number of ether oxygens (including phenoxy) is 1. The van der Waals surface area contributed by atoms with Gasteiger partial charge in [-0.3, -0.25) is 14.4 Å². The number of carbonyl (C=O) groups is 3. The molecule has 0 aliphatic heterocycles. The molecule has 3 rings (SSSR count). The van der Waals surface area contributed by atoms with Gasteiger partial charge in [0.2, 0.25) is 5.91 Å². The van der Waals surface area contributed by atoms with E-state index in [4.69, 9.17) is 4.74 Å². The van der Waals surface area contributed by atoms with E-state index in [1.165, 1.54) is 0 Å². The summed E-state index contributed by atoms with van der Waals surface area (Å²) in [7, 11) is 1.57. The van der Waals surface area contributed by atoms with Crippen LogP contribution in [-0.2, 0) is 9.59 Å². The number of nitrogens with zero attached hydrogens (tertiary/aromatic N) is 1. The molecule has 2 amide bonds. The van der Waals surface area contributed by atoms with Crippen molar-refractivity contribution in [3.05, 3.63) is 30.0 Å². The third kappa shape index (κ3) is 6.37. The first-order valence-electron chi connectivity index (χ1n) is 11.8.